The first kappa shape index (κ1) is 37.3. The Balaban J connectivity index is 1.22. The van der Waals surface area contributed by atoms with Gasteiger partial charge in [0.15, 0.2) is 5.78 Å². The van der Waals surface area contributed by atoms with Gasteiger partial charge in [0.05, 0.1) is 49.3 Å². The molecule has 286 valence electrons. The van der Waals surface area contributed by atoms with Gasteiger partial charge in [0.1, 0.15) is 11.9 Å². The molecule has 7 rings (SSSR count). The van der Waals surface area contributed by atoms with Crippen molar-refractivity contribution in [2.24, 2.45) is 23.2 Å². The number of Topliss-reactive ketones (excluding diaryl/α,β-unsaturated/α-hetero) is 1. The van der Waals surface area contributed by atoms with Crippen LogP contribution < -0.4 is 14.2 Å². The molecule has 0 spiro atoms. The lowest BCUT2D eigenvalue weighted by Crippen LogP contribution is -2.48. The van der Waals surface area contributed by atoms with Crippen LogP contribution in [0.1, 0.15) is 95.5 Å². The highest BCUT2D eigenvalue weighted by Gasteiger charge is 2.61. The summed E-state index contributed by atoms with van der Waals surface area (Å²) < 4.78 is 45.8. The van der Waals surface area contributed by atoms with E-state index in [9.17, 15) is 27.6 Å². The number of ketones is 1. The van der Waals surface area contributed by atoms with E-state index < -0.39 is 50.6 Å². The monoisotopic (exact) mass is 749 g/mol. The van der Waals surface area contributed by atoms with Crippen LogP contribution in [-0.2, 0) is 40.4 Å². The van der Waals surface area contributed by atoms with E-state index in [1.807, 2.05) is 18.2 Å². The molecule has 2 aromatic rings. The van der Waals surface area contributed by atoms with Gasteiger partial charge in [-0.2, -0.15) is 0 Å². The maximum atomic E-state index is 14.8. The zero-order valence-electron chi connectivity index (χ0n) is 30.6. The minimum Gasteiger partial charge on any atom is -0.496 e. The van der Waals surface area contributed by atoms with Crippen LogP contribution in [0.2, 0.25) is 0 Å². The Morgan fingerprint density at radius 2 is 1.85 bits per heavy atom. The number of nitrogens with zero attached hydrogens (tertiary/aromatic N) is 2. The lowest BCUT2D eigenvalue weighted by molar-refractivity contribution is -0.152. The van der Waals surface area contributed by atoms with Crippen molar-refractivity contribution in [1.82, 2.24) is 14.6 Å². The number of fused-ring (bicyclic) bond motifs is 3. The van der Waals surface area contributed by atoms with Crippen LogP contribution in [0.15, 0.2) is 37.1 Å². The van der Waals surface area contributed by atoms with Crippen molar-refractivity contribution in [3.63, 3.8) is 0 Å². The lowest BCUT2D eigenvalue weighted by Gasteiger charge is -2.34. The summed E-state index contributed by atoms with van der Waals surface area (Å²) >= 11 is 0. The van der Waals surface area contributed by atoms with Crippen molar-refractivity contribution in [3.05, 3.63) is 42.6 Å². The molecule has 12 nitrogen and oxygen atoms in total. The number of benzene rings is 1. The van der Waals surface area contributed by atoms with Crippen LogP contribution in [0.25, 0.3) is 10.8 Å². The molecule has 4 fully saturated rings. The summed E-state index contributed by atoms with van der Waals surface area (Å²) in [6.45, 7) is 4.20. The third-order valence-electron chi connectivity index (χ3n) is 12.1. The average molecular weight is 750 g/mol. The molecule has 5 aliphatic rings. The first-order chi connectivity index (χ1) is 25.5. The van der Waals surface area contributed by atoms with Crippen LogP contribution in [0.3, 0.4) is 0 Å². The number of carbonyl (C=O) groups is 4. The summed E-state index contributed by atoms with van der Waals surface area (Å²) in [4.78, 5) is 62.3. The minimum absolute atomic E-state index is 0.0333. The highest BCUT2D eigenvalue weighted by molar-refractivity contribution is 7.90. The number of methoxy groups -OCH3 is 1. The van der Waals surface area contributed by atoms with E-state index in [4.69, 9.17) is 14.2 Å². The zero-order chi connectivity index (χ0) is 37.3. The van der Waals surface area contributed by atoms with Crippen molar-refractivity contribution >= 4 is 44.4 Å². The van der Waals surface area contributed by atoms with Crippen molar-refractivity contribution in [2.45, 2.75) is 114 Å². The highest BCUT2D eigenvalue weighted by atomic mass is 32.2. The molecule has 1 N–H and O–H groups in total. The molecule has 1 saturated heterocycles. The van der Waals surface area contributed by atoms with E-state index >= 15 is 0 Å². The molecular weight excluding hydrogens is 699 g/mol. The maximum absolute atomic E-state index is 14.8. The Hall–Kier alpha value is -4.00. The number of aromatic nitrogens is 1. The standard InChI is InChI=1S/C40H51N3O9S/c1-3-27-22-40(27,39(47)42-53(48,49)29-13-14-29)23-34(44)33-20-28-24-43(33)38(46)31(26-11-7-4-8-12-26)21-36(45)51-17-9-5-6-10-25-18-32-30(35(19-25)50-2)15-16-41-37(32)52-28/h3,15-16,18-19,26-29,31,33H,1,4-14,17,20-24H2,2H3,(H,42,47)/t27-,28-,31+,33+,40-/m1/s1. The summed E-state index contributed by atoms with van der Waals surface area (Å²) in [6, 6.07) is 4.98. The summed E-state index contributed by atoms with van der Waals surface area (Å²) in [5, 5.41) is 1.00. The smallest absolute Gasteiger partial charge is 0.306 e. The van der Waals surface area contributed by atoms with Gasteiger partial charge in [-0.3, -0.25) is 23.9 Å². The number of ether oxygens (including phenoxy) is 3. The molecule has 3 saturated carbocycles. The molecule has 3 heterocycles. The third kappa shape index (κ3) is 7.95. The number of cyclic esters (lactones) is 1. The fraction of sp³-hybridized carbons (Fsp3) is 0.625. The van der Waals surface area contributed by atoms with Crippen LogP contribution in [0.5, 0.6) is 11.6 Å². The number of hydrogen-bond donors (Lipinski definition) is 1. The van der Waals surface area contributed by atoms with E-state index in [1.54, 1.807) is 24.3 Å². The summed E-state index contributed by atoms with van der Waals surface area (Å²) in [5.74, 6) is -1.78. The van der Waals surface area contributed by atoms with Gasteiger partial charge >= 0.3 is 5.97 Å². The summed E-state index contributed by atoms with van der Waals surface area (Å²) in [6.07, 6.45) is 11.5. The largest absolute Gasteiger partial charge is 0.496 e. The van der Waals surface area contributed by atoms with Gasteiger partial charge in [0.2, 0.25) is 27.7 Å². The Morgan fingerprint density at radius 1 is 1.08 bits per heavy atom. The molecule has 5 atom stereocenters. The van der Waals surface area contributed by atoms with Crippen molar-refractivity contribution in [2.75, 3.05) is 20.3 Å². The van der Waals surface area contributed by atoms with Crippen LogP contribution >= 0.6 is 0 Å². The third-order valence-corrected chi connectivity index (χ3v) is 14.0. The second-order valence-corrected chi connectivity index (χ2v) is 17.7. The normalized spacial score (nSPS) is 28.7. The predicted molar refractivity (Wildman–Crippen MR) is 196 cm³/mol. The molecule has 2 amide bonds. The fourth-order valence-corrected chi connectivity index (χ4v) is 10.2. The average Bonchev–Trinajstić information content (AvgIpc) is 4.08. The van der Waals surface area contributed by atoms with Crippen LogP contribution in [0, 0.1) is 23.2 Å². The van der Waals surface area contributed by atoms with E-state index in [-0.39, 0.29) is 62.4 Å². The number of sulfonamides is 1. The molecule has 0 unspecified atom stereocenters. The van der Waals surface area contributed by atoms with Gasteiger partial charge in [-0.15, -0.1) is 6.58 Å². The second kappa shape index (κ2) is 15.4. The molecule has 1 aromatic heterocycles. The number of carbonyl (C=O) groups excluding carboxylic acids is 4. The van der Waals surface area contributed by atoms with Gasteiger partial charge in [-0.05, 0) is 93.4 Å². The number of nitrogens with one attached hydrogen (secondary N) is 1. The molecular formula is C40H51N3O9S. The van der Waals surface area contributed by atoms with E-state index in [1.165, 1.54) is 0 Å². The van der Waals surface area contributed by atoms with Crippen LogP contribution in [-0.4, -0.2) is 79.5 Å². The highest BCUT2D eigenvalue weighted by Crippen LogP contribution is 2.57. The number of aryl methyl sites for hydroxylation is 1. The first-order valence-electron chi connectivity index (χ1n) is 19.3. The van der Waals surface area contributed by atoms with Gasteiger partial charge < -0.3 is 19.1 Å². The lowest BCUT2D eigenvalue weighted by atomic mass is 9.77. The van der Waals surface area contributed by atoms with Crippen molar-refractivity contribution in [3.8, 4) is 11.6 Å². The van der Waals surface area contributed by atoms with E-state index in [0.29, 0.717) is 30.9 Å². The molecule has 13 heteroatoms. The number of hydrogen-bond acceptors (Lipinski definition) is 10. The molecule has 4 bridgehead atoms. The Morgan fingerprint density at radius 3 is 2.57 bits per heavy atom. The fourth-order valence-electron chi connectivity index (χ4n) is 8.82. The maximum Gasteiger partial charge on any atom is 0.306 e. The number of rotatable bonds is 9. The molecule has 1 aromatic carbocycles. The van der Waals surface area contributed by atoms with Gasteiger partial charge in [0.25, 0.3) is 0 Å². The molecule has 2 aliphatic heterocycles. The topological polar surface area (TPSA) is 158 Å². The Kier molecular flexibility index (Phi) is 10.8. The van der Waals surface area contributed by atoms with Crippen molar-refractivity contribution in [1.29, 1.82) is 0 Å². The number of amides is 2. The van der Waals surface area contributed by atoms with Crippen LogP contribution in [0.4, 0.5) is 0 Å². The number of esters is 1. The second-order valence-electron chi connectivity index (χ2n) is 15.8. The van der Waals surface area contributed by atoms with Gasteiger partial charge in [-0.25, -0.2) is 13.4 Å². The van der Waals surface area contributed by atoms with E-state index in [0.717, 1.165) is 67.7 Å². The van der Waals surface area contributed by atoms with E-state index in [2.05, 4.69) is 16.3 Å². The SMILES string of the molecule is C=C[C@@H]1C[C@]1(CC(=O)[C@@H]1C[C@@H]2CN1C(=O)[C@H](C1CCCCC1)CC(=O)OCCCCCc1cc(OC)c3ccnc(c3c1)O2)C(=O)NS(=O)(=O)C1CC1. The Labute approximate surface area is 311 Å². The first-order valence-corrected chi connectivity index (χ1v) is 20.9. The number of allylic oxidation sites excluding steroid dienone is 1. The molecule has 3 aliphatic carbocycles. The Bertz CT molecular complexity index is 1870. The summed E-state index contributed by atoms with van der Waals surface area (Å²) in [7, 11) is -2.22. The van der Waals surface area contributed by atoms with Crippen molar-refractivity contribution < 1.29 is 41.8 Å². The minimum atomic E-state index is -3.84. The van der Waals surface area contributed by atoms with Gasteiger partial charge in [0, 0.05) is 29.8 Å². The number of pyridine rings is 1. The summed E-state index contributed by atoms with van der Waals surface area (Å²) in [5.41, 5.74) is -0.220. The van der Waals surface area contributed by atoms with Gasteiger partial charge in [-0.1, -0.05) is 25.3 Å². The molecule has 0 radical (unpaired) electrons. The predicted octanol–water partition coefficient (Wildman–Crippen LogP) is 5.21. The molecule has 53 heavy (non-hydrogen) atoms. The zero-order valence-corrected chi connectivity index (χ0v) is 31.4. The quantitative estimate of drug-likeness (QED) is 0.267.